The van der Waals surface area contributed by atoms with Crippen molar-refractivity contribution in [1.82, 2.24) is 4.98 Å². The van der Waals surface area contributed by atoms with Crippen LogP contribution in [0.3, 0.4) is 0 Å². The Bertz CT molecular complexity index is 754. The van der Waals surface area contributed by atoms with Crippen LogP contribution in [0.25, 0.3) is 6.08 Å². The fraction of sp³-hybridized carbons (Fsp3) is 0.222. The van der Waals surface area contributed by atoms with Gasteiger partial charge in [-0.25, -0.2) is 4.79 Å². The fourth-order valence-corrected chi connectivity index (χ4v) is 2.35. The number of nitrogens with one attached hydrogen (secondary N) is 1. The molecule has 0 saturated heterocycles. The second-order valence-corrected chi connectivity index (χ2v) is 5.13. The lowest BCUT2D eigenvalue weighted by atomic mass is 10.1. The van der Waals surface area contributed by atoms with Crippen LogP contribution in [0.15, 0.2) is 30.3 Å². The Balaban J connectivity index is 2.24. The Kier molecular flexibility index (Phi) is 5.01. The minimum absolute atomic E-state index is 0.170. The first-order valence-electron chi connectivity index (χ1n) is 7.31. The number of aromatic amines is 1. The average molecular weight is 313 g/mol. The summed E-state index contributed by atoms with van der Waals surface area (Å²) < 4.78 is 5.01. The lowest BCUT2D eigenvalue weighted by Crippen LogP contribution is -2.07. The lowest BCUT2D eigenvalue weighted by Gasteiger charge is -2.02. The summed E-state index contributed by atoms with van der Waals surface area (Å²) in [4.78, 5) is 27.2. The number of hydrogen-bond acceptors (Lipinski definition) is 4. The van der Waals surface area contributed by atoms with E-state index in [9.17, 15) is 14.7 Å². The fourth-order valence-electron chi connectivity index (χ4n) is 2.35. The van der Waals surface area contributed by atoms with E-state index in [1.165, 1.54) is 6.08 Å². The Labute approximate surface area is 134 Å². The van der Waals surface area contributed by atoms with Crippen LogP contribution in [0, 0.1) is 13.8 Å². The molecule has 0 aliphatic carbocycles. The number of H-pyrrole nitrogens is 1. The first-order chi connectivity index (χ1) is 10.9. The normalized spacial score (nSPS) is 10.9. The standard InChI is InChI=1S/C18H19NO4/c1-4-23-18(22)16-11(2)17(19-12(16)3)15(21)10-7-13-5-8-14(20)9-6-13/h5-10,19-20H,4H2,1-3H3/b10-7+. The van der Waals surface area contributed by atoms with E-state index in [2.05, 4.69) is 4.98 Å². The van der Waals surface area contributed by atoms with E-state index in [4.69, 9.17) is 4.74 Å². The van der Waals surface area contributed by atoms with E-state index >= 15 is 0 Å². The molecule has 2 rings (SSSR count). The zero-order valence-electron chi connectivity index (χ0n) is 13.3. The van der Waals surface area contributed by atoms with Gasteiger partial charge < -0.3 is 14.8 Å². The third-order valence-corrected chi connectivity index (χ3v) is 3.48. The van der Waals surface area contributed by atoms with E-state index in [-0.39, 0.29) is 18.1 Å². The smallest absolute Gasteiger partial charge is 0.340 e. The van der Waals surface area contributed by atoms with Gasteiger partial charge in [-0.15, -0.1) is 0 Å². The molecular formula is C18H19NO4. The number of allylic oxidation sites excluding steroid dienone is 1. The van der Waals surface area contributed by atoms with Gasteiger partial charge in [-0.1, -0.05) is 18.2 Å². The molecule has 0 radical (unpaired) electrons. The highest BCUT2D eigenvalue weighted by Crippen LogP contribution is 2.20. The molecule has 120 valence electrons. The maximum absolute atomic E-state index is 12.3. The van der Waals surface area contributed by atoms with Gasteiger partial charge in [0.1, 0.15) is 5.75 Å². The van der Waals surface area contributed by atoms with Gasteiger partial charge in [-0.3, -0.25) is 4.79 Å². The number of esters is 1. The Morgan fingerprint density at radius 1 is 1.22 bits per heavy atom. The predicted octanol–water partition coefficient (Wildman–Crippen LogP) is 3.41. The number of carbonyl (C=O) groups excluding carboxylic acids is 2. The van der Waals surface area contributed by atoms with Crippen LogP contribution in [0.2, 0.25) is 0 Å². The summed E-state index contributed by atoms with van der Waals surface area (Å²) in [6, 6.07) is 6.51. The highest BCUT2D eigenvalue weighted by atomic mass is 16.5. The Hall–Kier alpha value is -2.82. The number of hydrogen-bond donors (Lipinski definition) is 2. The Morgan fingerprint density at radius 3 is 2.48 bits per heavy atom. The second-order valence-electron chi connectivity index (χ2n) is 5.13. The van der Waals surface area contributed by atoms with Crippen molar-refractivity contribution in [2.75, 3.05) is 6.61 Å². The van der Waals surface area contributed by atoms with Crippen LogP contribution < -0.4 is 0 Å². The SMILES string of the molecule is CCOC(=O)c1c(C)[nH]c(C(=O)/C=C/c2ccc(O)cc2)c1C. The molecule has 5 heteroatoms. The van der Waals surface area contributed by atoms with Gasteiger partial charge in [0.15, 0.2) is 0 Å². The van der Waals surface area contributed by atoms with Gasteiger partial charge >= 0.3 is 5.97 Å². The predicted molar refractivity (Wildman–Crippen MR) is 87.7 cm³/mol. The molecule has 0 saturated carbocycles. The molecule has 0 amide bonds. The topological polar surface area (TPSA) is 79.4 Å². The molecule has 0 spiro atoms. The number of ether oxygens (including phenoxy) is 1. The minimum atomic E-state index is -0.430. The van der Waals surface area contributed by atoms with E-state index in [1.807, 2.05) is 0 Å². The van der Waals surface area contributed by atoms with Crippen LogP contribution in [-0.4, -0.2) is 28.4 Å². The number of ketones is 1. The van der Waals surface area contributed by atoms with Gasteiger partial charge in [0, 0.05) is 5.69 Å². The summed E-state index contributed by atoms with van der Waals surface area (Å²) in [5.74, 6) is -0.488. The van der Waals surface area contributed by atoms with Crippen molar-refractivity contribution in [1.29, 1.82) is 0 Å². The minimum Gasteiger partial charge on any atom is -0.508 e. The Morgan fingerprint density at radius 2 is 1.87 bits per heavy atom. The number of aryl methyl sites for hydroxylation is 1. The molecule has 0 bridgehead atoms. The molecule has 0 atom stereocenters. The number of phenols is 1. The first-order valence-corrected chi connectivity index (χ1v) is 7.31. The summed E-state index contributed by atoms with van der Waals surface area (Å²) in [6.07, 6.45) is 3.08. The molecule has 2 N–H and O–H groups in total. The molecule has 0 aliphatic heterocycles. The van der Waals surface area contributed by atoms with Crippen molar-refractivity contribution < 1.29 is 19.4 Å². The second kappa shape index (κ2) is 6.96. The summed E-state index contributed by atoms with van der Waals surface area (Å²) in [6.45, 7) is 5.48. The van der Waals surface area contributed by atoms with Crippen LogP contribution >= 0.6 is 0 Å². The molecule has 0 aliphatic rings. The third kappa shape index (κ3) is 3.69. The van der Waals surface area contributed by atoms with Crippen molar-refractivity contribution in [3.8, 4) is 5.75 Å². The summed E-state index contributed by atoms with van der Waals surface area (Å²) >= 11 is 0. The molecule has 5 nitrogen and oxygen atoms in total. The zero-order chi connectivity index (χ0) is 17.0. The molecule has 1 heterocycles. The van der Waals surface area contributed by atoms with Crippen molar-refractivity contribution >= 4 is 17.8 Å². The number of carbonyl (C=O) groups is 2. The highest BCUT2D eigenvalue weighted by molar-refractivity contribution is 6.08. The van der Waals surface area contributed by atoms with Crippen molar-refractivity contribution in [3.63, 3.8) is 0 Å². The molecule has 0 fully saturated rings. The maximum Gasteiger partial charge on any atom is 0.340 e. The number of benzene rings is 1. The van der Waals surface area contributed by atoms with Crippen molar-refractivity contribution in [3.05, 3.63) is 58.4 Å². The molecule has 0 unspecified atom stereocenters. The number of phenolic OH excluding ortho intramolecular Hbond substituents is 1. The van der Waals surface area contributed by atoms with Gasteiger partial charge in [0.25, 0.3) is 0 Å². The maximum atomic E-state index is 12.3. The molecule has 1 aromatic carbocycles. The monoisotopic (exact) mass is 313 g/mol. The van der Waals surface area contributed by atoms with E-state index < -0.39 is 5.97 Å². The quantitative estimate of drug-likeness (QED) is 0.503. The first kappa shape index (κ1) is 16.5. The molecule has 1 aromatic heterocycles. The zero-order valence-corrected chi connectivity index (χ0v) is 13.3. The van der Waals surface area contributed by atoms with Gasteiger partial charge in [-0.2, -0.15) is 0 Å². The van der Waals surface area contributed by atoms with Gasteiger partial charge in [0.2, 0.25) is 5.78 Å². The van der Waals surface area contributed by atoms with E-state index in [0.717, 1.165) is 5.56 Å². The average Bonchev–Trinajstić information content (AvgIpc) is 2.81. The lowest BCUT2D eigenvalue weighted by molar-refractivity contribution is 0.0525. The van der Waals surface area contributed by atoms with E-state index in [1.54, 1.807) is 51.1 Å². The van der Waals surface area contributed by atoms with Crippen molar-refractivity contribution in [2.24, 2.45) is 0 Å². The molecular weight excluding hydrogens is 294 g/mol. The van der Waals surface area contributed by atoms with E-state index in [0.29, 0.717) is 22.5 Å². The van der Waals surface area contributed by atoms with Crippen LogP contribution in [0.4, 0.5) is 0 Å². The van der Waals surface area contributed by atoms with Crippen LogP contribution in [-0.2, 0) is 4.74 Å². The highest BCUT2D eigenvalue weighted by Gasteiger charge is 2.21. The molecule has 2 aromatic rings. The van der Waals surface area contributed by atoms with Crippen LogP contribution in [0.5, 0.6) is 5.75 Å². The summed E-state index contributed by atoms with van der Waals surface area (Å²) in [5, 5.41) is 9.24. The third-order valence-electron chi connectivity index (χ3n) is 3.48. The summed E-state index contributed by atoms with van der Waals surface area (Å²) in [5.41, 5.74) is 2.78. The number of aromatic hydroxyl groups is 1. The van der Waals surface area contributed by atoms with Gasteiger partial charge in [0.05, 0.1) is 17.9 Å². The van der Waals surface area contributed by atoms with Crippen LogP contribution in [0.1, 0.15) is 44.6 Å². The molecule has 23 heavy (non-hydrogen) atoms. The van der Waals surface area contributed by atoms with Crippen molar-refractivity contribution in [2.45, 2.75) is 20.8 Å². The number of rotatable bonds is 5. The largest absolute Gasteiger partial charge is 0.508 e. The summed E-state index contributed by atoms with van der Waals surface area (Å²) in [7, 11) is 0. The number of aromatic nitrogens is 1. The van der Waals surface area contributed by atoms with Gasteiger partial charge in [-0.05, 0) is 50.1 Å².